The Balaban J connectivity index is 0.000000308. The maximum Gasteiger partial charge on any atom is 0.416 e. The summed E-state index contributed by atoms with van der Waals surface area (Å²) in [5, 5.41) is 19.2. The zero-order valence-electron chi connectivity index (χ0n) is 65.6. The lowest BCUT2D eigenvalue weighted by atomic mass is 9.76. The zero-order chi connectivity index (χ0) is 87.2. The fraction of sp³-hybridized carbons (Fsp3) is 0.481. The Labute approximate surface area is 691 Å². The Hall–Kier alpha value is -9.76. The van der Waals surface area contributed by atoms with Crippen LogP contribution >= 0.6 is 36.8 Å². The van der Waals surface area contributed by atoms with Gasteiger partial charge in [-0.05, 0) is 192 Å². The van der Waals surface area contributed by atoms with Crippen LogP contribution in [0.4, 0.5) is 81.1 Å². The number of aromatic nitrogens is 1. The minimum atomic E-state index is -4.90. The van der Waals surface area contributed by atoms with Gasteiger partial charge >= 0.3 is 60.2 Å². The molecule has 0 spiro atoms. The van der Waals surface area contributed by atoms with Crippen molar-refractivity contribution in [2.45, 2.75) is 170 Å². The highest BCUT2D eigenvalue weighted by Crippen LogP contribution is 2.41. The number of hydrogen-bond acceptors (Lipinski definition) is 22. The van der Waals surface area contributed by atoms with Gasteiger partial charge in [0.05, 0.1) is 54.7 Å². The average Bonchev–Trinajstić information content (AvgIpc) is 1.70. The van der Waals surface area contributed by atoms with E-state index >= 15 is 0 Å². The van der Waals surface area contributed by atoms with Crippen molar-refractivity contribution in [3.63, 3.8) is 0 Å². The van der Waals surface area contributed by atoms with E-state index in [2.05, 4.69) is 48.0 Å². The van der Waals surface area contributed by atoms with Gasteiger partial charge in [-0.2, -0.15) is 52.7 Å². The molecular formula is C79H97ClF12N10O14S2. The smallest absolute Gasteiger partial charge is 0.416 e. The summed E-state index contributed by atoms with van der Waals surface area (Å²) in [6.07, 6.45) is -0.546. The third-order valence-corrected chi connectivity index (χ3v) is 19.2. The van der Waals surface area contributed by atoms with E-state index in [0.717, 1.165) is 103 Å². The second-order valence-corrected chi connectivity index (χ2v) is 28.6. The highest BCUT2D eigenvalue weighted by molar-refractivity contribution is 7.80. The topological polar surface area (TPSA) is 326 Å². The van der Waals surface area contributed by atoms with Gasteiger partial charge in [0.15, 0.2) is 16.0 Å². The first kappa shape index (κ1) is 101. The summed E-state index contributed by atoms with van der Waals surface area (Å²) in [7, 11) is 10.6. The van der Waals surface area contributed by atoms with Crippen molar-refractivity contribution in [3.8, 4) is 0 Å². The molecule has 1 aromatic heterocycles. The molecule has 3 saturated carbocycles. The van der Waals surface area contributed by atoms with Crippen molar-refractivity contribution in [2.75, 3.05) is 94.5 Å². The van der Waals surface area contributed by atoms with Crippen LogP contribution in [0.1, 0.15) is 152 Å². The van der Waals surface area contributed by atoms with Crippen molar-refractivity contribution >= 4 is 123 Å². The number of thiocarbonyl (C=S) groups is 2. The first-order chi connectivity index (χ1) is 54.9. The number of alkyl halides is 12. The summed E-state index contributed by atoms with van der Waals surface area (Å²) in [6, 6.07) is 18.9. The average molecular weight is 1740 g/mol. The number of carbonyl (C=O) groups is 8. The molecule has 24 nitrogen and oxygen atoms in total. The SMILES string of the molecule is COC(=O)C(OC(=O)c1ccc(N(C)C)cc1)(C(=O)OC)[C@H]1CCCC(=O)C1.COC(=O)C(OC(=O)c1ccc(N(C)C)cc1)C(=O)CO.Cl.N[C@H]1CCCC[C@@H]1NC(=S)Nc1cc(C(F)(F)F)cc(C(F)(F)F)c1.N[C@H]1CCCC[C@@H]1NC(=S)Nc1cc(C(F)(F)F)cc(C(F)(F)F)c1.O=C1C=CCCC1.c1cc(N2CCCC2)ccn1. The Kier molecular flexibility index (Phi) is 40.2. The number of ketones is 3. The molecule has 1 saturated heterocycles. The highest BCUT2D eigenvalue weighted by Gasteiger charge is 2.59. The molecule has 9 N–H and O–H groups in total. The number of aliphatic hydroxyl groups excluding tert-OH is 1. The van der Waals surface area contributed by atoms with Crippen molar-refractivity contribution < 1.29 is 120 Å². The molecule has 5 aliphatic rings. The lowest BCUT2D eigenvalue weighted by Crippen LogP contribution is -2.58. The number of benzene rings is 4. The molecule has 5 aromatic rings. The number of aliphatic hydroxyl groups is 1. The number of anilines is 5. The first-order valence-corrected chi connectivity index (χ1v) is 37.8. The molecular weight excluding hydrogens is 1640 g/mol. The number of methoxy groups -OCH3 is 3. The van der Waals surface area contributed by atoms with E-state index in [9.17, 15) is 91.0 Å². The molecule has 4 aromatic carbocycles. The van der Waals surface area contributed by atoms with Gasteiger partial charge < -0.3 is 76.2 Å². The Morgan fingerprint density at radius 3 is 1.31 bits per heavy atom. The van der Waals surface area contributed by atoms with Gasteiger partial charge in [0.25, 0.3) is 6.10 Å². The Morgan fingerprint density at radius 2 is 0.975 bits per heavy atom. The maximum atomic E-state index is 12.8. The number of esters is 5. The van der Waals surface area contributed by atoms with Crippen LogP contribution in [0.5, 0.6) is 0 Å². The van der Waals surface area contributed by atoms with E-state index < -0.39 is 107 Å². The van der Waals surface area contributed by atoms with Gasteiger partial charge in [0.2, 0.25) is 5.78 Å². The third-order valence-electron chi connectivity index (χ3n) is 18.8. The van der Waals surface area contributed by atoms with Crippen molar-refractivity contribution in [1.29, 1.82) is 0 Å². The molecule has 0 radical (unpaired) electrons. The number of nitrogens with two attached hydrogens (primary N) is 2. The highest BCUT2D eigenvalue weighted by atomic mass is 35.5. The van der Waals surface area contributed by atoms with Crippen LogP contribution in [0.15, 0.2) is 122 Å². The third kappa shape index (κ3) is 31.8. The van der Waals surface area contributed by atoms with Crippen molar-refractivity contribution in [3.05, 3.63) is 155 Å². The van der Waals surface area contributed by atoms with E-state index in [0.29, 0.717) is 43.5 Å². The van der Waals surface area contributed by atoms with Gasteiger partial charge in [0.1, 0.15) is 12.4 Å². The summed E-state index contributed by atoms with van der Waals surface area (Å²) in [6.45, 7) is 1.50. The van der Waals surface area contributed by atoms with Crippen LogP contribution in [0.25, 0.3) is 0 Å². The summed E-state index contributed by atoms with van der Waals surface area (Å²) >= 11 is 10.0. The molecule has 1 aliphatic heterocycles. The minimum Gasteiger partial charge on any atom is -0.466 e. The van der Waals surface area contributed by atoms with E-state index in [1.165, 1.54) is 55.9 Å². The summed E-state index contributed by atoms with van der Waals surface area (Å²) in [5.41, 5.74) is 6.57. The van der Waals surface area contributed by atoms with Crippen LogP contribution in [-0.2, 0) is 77.2 Å². The number of rotatable bonds is 17. The Bertz CT molecular complexity index is 3980. The normalized spacial score (nSPS) is 18.1. The van der Waals surface area contributed by atoms with E-state index in [-0.39, 0.29) is 99.4 Å². The number of hydrogen-bond donors (Lipinski definition) is 7. The molecule has 118 heavy (non-hydrogen) atoms. The number of nitrogens with zero attached hydrogens (tertiary/aromatic N) is 4. The van der Waals surface area contributed by atoms with E-state index in [4.69, 9.17) is 60.0 Å². The van der Waals surface area contributed by atoms with Gasteiger partial charge in [-0.3, -0.25) is 19.4 Å². The standard InChI is InChI=1S/C20H25NO7.2C15H17F6N3S.C14H17NO6.C9H12N2.C6H8O.ClH/c1-21(2)15-10-8-13(9-11-15)17(23)28-20(18(24)26-3,19(25)27-4)14-6-5-7-16(22)12-14;2*16-14(17,18)8-5-9(15(19,20)21)7-10(6-8)23-13(25)24-12-4-2-1-3-11(12)22;1-15(2)10-6-4-9(5-7-10)13(18)21-12(11(17)8-16)14(19)20-3;1-2-8-11(7-1)9-3-5-10-6-4-9;7-6-4-2-1-3-5-6;/h8-11,14H,5-7,12H2,1-4H3;2*5-7,11-12H,1-4,22H2,(H2,23,24,25);4-7,12,16H,8H2,1-3H3;3-6H,1-2,7-8H2;2,4H,1,3,5H2;1H/t14-;2*11-,12-;;;;/m000..../s1. The zero-order valence-corrected chi connectivity index (χ0v) is 68.1. The van der Waals surface area contributed by atoms with Gasteiger partial charge in [-0.15, -0.1) is 12.4 Å². The largest absolute Gasteiger partial charge is 0.466 e. The molecule has 2 heterocycles. The van der Waals surface area contributed by atoms with Crippen molar-refractivity contribution in [1.82, 2.24) is 15.6 Å². The van der Waals surface area contributed by atoms with E-state index in [1.807, 2.05) is 56.5 Å². The molecule has 0 amide bonds. The van der Waals surface area contributed by atoms with Gasteiger partial charge in [0, 0.05) is 131 Å². The van der Waals surface area contributed by atoms with Gasteiger partial charge in [-0.25, -0.2) is 24.0 Å². The van der Waals surface area contributed by atoms with Crippen LogP contribution in [0, 0.1) is 5.92 Å². The molecule has 6 atom stereocenters. The fourth-order valence-corrected chi connectivity index (χ4v) is 13.0. The lowest BCUT2D eigenvalue weighted by molar-refractivity contribution is -0.189. The molecule has 4 aliphatic carbocycles. The van der Waals surface area contributed by atoms with Crippen LogP contribution < -0.4 is 47.4 Å². The Morgan fingerprint density at radius 1 is 0.559 bits per heavy atom. The van der Waals surface area contributed by atoms with E-state index in [1.54, 1.807) is 30.3 Å². The predicted octanol–water partition coefficient (Wildman–Crippen LogP) is 13.7. The predicted molar refractivity (Wildman–Crippen MR) is 427 cm³/mol. The second-order valence-electron chi connectivity index (χ2n) is 27.8. The second kappa shape index (κ2) is 47.1. The number of pyridine rings is 1. The number of halogens is 13. The number of nitrogens with one attached hydrogen (secondary N) is 4. The molecule has 1 unspecified atom stereocenters. The molecule has 10 rings (SSSR count). The minimum absolute atomic E-state index is 0. The van der Waals surface area contributed by atoms with Gasteiger partial charge in [-0.1, -0.05) is 31.8 Å². The first-order valence-electron chi connectivity index (χ1n) is 36.9. The van der Waals surface area contributed by atoms with Crippen LogP contribution in [0.2, 0.25) is 0 Å². The molecule has 4 fully saturated rings. The summed E-state index contributed by atoms with van der Waals surface area (Å²) in [5.74, 6) is -6.50. The number of carbonyl (C=O) groups excluding carboxylic acids is 8. The van der Waals surface area contributed by atoms with Crippen LogP contribution in [-0.4, -0.2) is 173 Å². The molecule has 0 bridgehead atoms. The molecule has 650 valence electrons. The number of ether oxygens (including phenoxy) is 5. The molecule has 39 heteroatoms. The summed E-state index contributed by atoms with van der Waals surface area (Å²) < 4.78 is 178. The number of Topliss-reactive ketones (excluding diaryl/α,β-unsaturated/α-hetero) is 2. The fourth-order valence-electron chi connectivity index (χ4n) is 12.5. The quantitative estimate of drug-likeness (QED) is 0.0149. The monoisotopic (exact) mass is 1740 g/mol. The van der Waals surface area contributed by atoms with Crippen LogP contribution in [0.3, 0.4) is 0 Å². The maximum absolute atomic E-state index is 12.8. The number of allylic oxidation sites excluding steroid dienone is 2. The summed E-state index contributed by atoms with van der Waals surface area (Å²) in [4.78, 5) is 105. The van der Waals surface area contributed by atoms with Crippen molar-refractivity contribution in [2.24, 2.45) is 17.4 Å². The lowest BCUT2D eigenvalue weighted by Gasteiger charge is -2.36.